The molecule has 2 heterocycles. The van der Waals surface area contributed by atoms with Crippen molar-refractivity contribution in [3.8, 4) is 0 Å². The number of nitrogens with one attached hydrogen (secondary N) is 1. The van der Waals surface area contributed by atoms with Gasteiger partial charge in [-0.1, -0.05) is 25.5 Å². The van der Waals surface area contributed by atoms with E-state index < -0.39 is 10.0 Å². The number of rotatable bonds is 6. The smallest absolute Gasteiger partial charge is 0.287 e. The number of amides is 1. The van der Waals surface area contributed by atoms with Gasteiger partial charge >= 0.3 is 0 Å². The summed E-state index contributed by atoms with van der Waals surface area (Å²) in [6.07, 6.45) is 3.14. The van der Waals surface area contributed by atoms with Crippen LogP contribution in [0.5, 0.6) is 0 Å². The quantitative estimate of drug-likeness (QED) is 0.822. The highest BCUT2D eigenvalue weighted by Gasteiger charge is 2.30. The van der Waals surface area contributed by atoms with Crippen molar-refractivity contribution in [1.82, 2.24) is 9.62 Å². The molecule has 0 aliphatic carbocycles. The molecule has 7 heteroatoms. The molecule has 3 rings (SSSR count). The summed E-state index contributed by atoms with van der Waals surface area (Å²) in [7, 11) is -3.49. The third-order valence-electron chi connectivity index (χ3n) is 4.85. The van der Waals surface area contributed by atoms with Crippen molar-refractivity contribution < 1.29 is 17.6 Å². The Morgan fingerprint density at radius 3 is 2.37 bits per heavy atom. The molecule has 1 aliphatic rings. The third-order valence-corrected chi connectivity index (χ3v) is 6.77. The Balaban J connectivity index is 1.58. The first-order valence-corrected chi connectivity index (χ1v) is 10.8. The van der Waals surface area contributed by atoms with Crippen molar-refractivity contribution in [3.63, 3.8) is 0 Å². The zero-order valence-electron chi connectivity index (χ0n) is 15.8. The van der Waals surface area contributed by atoms with Gasteiger partial charge in [0.2, 0.25) is 10.0 Å². The summed E-state index contributed by atoms with van der Waals surface area (Å²) in [6.45, 7) is 4.66. The summed E-state index contributed by atoms with van der Waals surface area (Å²) in [4.78, 5) is 12.5. The van der Waals surface area contributed by atoms with Crippen molar-refractivity contribution in [3.05, 3.63) is 53.5 Å². The number of nitrogens with zero attached hydrogens (tertiary/aromatic N) is 1. The highest BCUT2D eigenvalue weighted by atomic mass is 32.2. The van der Waals surface area contributed by atoms with Crippen LogP contribution in [0.3, 0.4) is 0 Å². The van der Waals surface area contributed by atoms with E-state index in [1.54, 1.807) is 31.2 Å². The van der Waals surface area contributed by atoms with E-state index in [0.29, 0.717) is 36.6 Å². The number of sulfonamides is 1. The first-order valence-electron chi connectivity index (χ1n) is 9.36. The number of carbonyl (C=O) groups excluding carboxylic acids is 1. The Morgan fingerprint density at radius 2 is 1.81 bits per heavy atom. The van der Waals surface area contributed by atoms with Crippen molar-refractivity contribution >= 4 is 15.9 Å². The van der Waals surface area contributed by atoms with Crippen LogP contribution in [-0.4, -0.2) is 37.8 Å². The first kappa shape index (κ1) is 19.6. The lowest BCUT2D eigenvalue weighted by Crippen LogP contribution is -2.46. The Morgan fingerprint density at radius 1 is 1.15 bits per heavy atom. The molecule has 146 valence electrons. The molecule has 2 aromatic rings. The van der Waals surface area contributed by atoms with Gasteiger partial charge in [0.05, 0.1) is 4.90 Å². The monoisotopic (exact) mass is 390 g/mol. The molecule has 1 fully saturated rings. The minimum absolute atomic E-state index is 0.0544. The fraction of sp³-hybridized carbons (Fsp3) is 0.450. The summed E-state index contributed by atoms with van der Waals surface area (Å²) in [5.41, 5.74) is 1.14. The second-order valence-corrected chi connectivity index (χ2v) is 8.89. The number of hydrogen-bond acceptors (Lipinski definition) is 4. The highest BCUT2D eigenvalue weighted by molar-refractivity contribution is 7.89. The SMILES string of the molecule is CCCc1ccc(S(=O)(=O)N2CCC(NC(=O)c3ccc(C)o3)CC2)cc1. The first-order chi connectivity index (χ1) is 12.9. The number of piperidine rings is 1. The molecule has 6 nitrogen and oxygen atoms in total. The maximum Gasteiger partial charge on any atom is 0.287 e. The fourth-order valence-corrected chi connectivity index (χ4v) is 4.79. The van der Waals surface area contributed by atoms with Crippen molar-refractivity contribution in [2.24, 2.45) is 0 Å². The second kappa shape index (κ2) is 8.27. The summed E-state index contributed by atoms with van der Waals surface area (Å²) < 4.78 is 32.5. The second-order valence-electron chi connectivity index (χ2n) is 6.96. The number of carbonyl (C=O) groups is 1. The maximum atomic E-state index is 12.8. The van der Waals surface area contributed by atoms with Crippen LogP contribution in [0.1, 0.15) is 48.1 Å². The lowest BCUT2D eigenvalue weighted by molar-refractivity contribution is 0.0894. The number of hydrogen-bond donors (Lipinski definition) is 1. The summed E-state index contributed by atoms with van der Waals surface area (Å²) in [6, 6.07) is 10.5. The molecule has 1 amide bonds. The molecule has 1 N–H and O–H groups in total. The van der Waals surface area contributed by atoms with Gasteiger partial charge in [-0.3, -0.25) is 4.79 Å². The zero-order chi connectivity index (χ0) is 19.4. The van der Waals surface area contributed by atoms with Gasteiger partial charge in [0.1, 0.15) is 5.76 Å². The molecule has 0 atom stereocenters. The molecule has 27 heavy (non-hydrogen) atoms. The van der Waals surface area contributed by atoms with Gasteiger partial charge in [-0.15, -0.1) is 0 Å². The largest absolute Gasteiger partial charge is 0.456 e. The van der Waals surface area contributed by atoms with Crippen LogP contribution < -0.4 is 5.32 Å². The predicted octanol–water partition coefficient (Wildman–Crippen LogP) is 3.12. The Hall–Kier alpha value is -2.12. The van der Waals surface area contributed by atoms with E-state index in [4.69, 9.17) is 4.42 Å². The predicted molar refractivity (Wildman–Crippen MR) is 103 cm³/mol. The molecule has 1 aromatic carbocycles. The number of furan rings is 1. The summed E-state index contributed by atoms with van der Waals surface area (Å²) >= 11 is 0. The van der Waals surface area contributed by atoms with E-state index in [0.717, 1.165) is 18.4 Å². The topological polar surface area (TPSA) is 79.6 Å². The Bertz CT molecular complexity index is 879. The van der Waals surface area contributed by atoms with Crippen LogP contribution in [0, 0.1) is 6.92 Å². The molecule has 0 spiro atoms. The zero-order valence-corrected chi connectivity index (χ0v) is 16.6. The van der Waals surface area contributed by atoms with Gasteiger partial charge in [-0.25, -0.2) is 8.42 Å². The fourth-order valence-electron chi connectivity index (χ4n) is 3.32. The van der Waals surface area contributed by atoms with Gasteiger partial charge < -0.3 is 9.73 Å². The average molecular weight is 391 g/mol. The molecule has 0 saturated carbocycles. The van der Waals surface area contributed by atoms with Crippen molar-refractivity contribution in [2.75, 3.05) is 13.1 Å². The molecule has 0 unspecified atom stereocenters. The molecular weight excluding hydrogens is 364 g/mol. The van der Waals surface area contributed by atoms with E-state index in [9.17, 15) is 13.2 Å². The van der Waals surface area contributed by atoms with Crippen LogP contribution in [0.2, 0.25) is 0 Å². The van der Waals surface area contributed by atoms with Crippen LogP contribution in [0.15, 0.2) is 45.7 Å². The van der Waals surface area contributed by atoms with Gasteiger partial charge in [-0.05, 0) is 56.0 Å². The Labute approximate surface area is 160 Å². The van der Waals surface area contributed by atoms with Crippen LogP contribution >= 0.6 is 0 Å². The number of benzene rings is 1. The summed E-state index contributed by atoms with van der Waals surface area (Å²) in [5.74, 6) is 0.719. The molecule has 0 bridgehead atoms. The van der Waals surface area contributed by atoms with Gasteiger partial charge in [-0.2, -0.15) is 4.31 Å². The van der Waals surface area contributed by atoms with Crippen LogP contribution in [0.25, 0.3) is 0 Å². The lowest BCUT2D eigenvalue weighted by Gasteiger charge is -2.31. The van der Waals surface area contributed by atoms with E-state index in [1.807, 2.05) is 12.1 Å². The van der Waals surface area contributed by atoms with Gasteiger partial charge in [0.15, 0.2) is 5.76 Å². The lowest BCUT2D eigenvalue weighted by atomic mass is 10.1. The molecule has 1 saturated heterocycles. The molecular formula is C20H26N2O4S. The molecule has 0 radical (unpaired) electrons. The Kier molecular flexibility index (Phi) is 6.01. The van der Waals surface area contributed by atoms with E-state index in [2.05, 4.69) is 12.2 Å². The van der Waals surface area contributed by atoms with Crippen molar-refractivity contribution in [1.29, 1.82) is 0 Å². The van der Waals surface area contributed by atoms with Gasteiger partial charge in [0, 0.05) is 19.1 Å². The van der Waals surface area contributed by atoms with Crippen LogP contribution in [-0.2, 0) is 16.4 Å². The van der Waals surface area contributed by atoms with Crippen LogP contribution in [0.4, 0.5) is 0 Å². The van der Waals surface area contributed by atoms with E-state index >= 15 is 0 Å². The minimum atomic E-state index is -3.49. The minimum Gasteiger partial charge on any atom is -0.456 e. The average Bonchev–Trinajstić information content (AvgIpc) is 3.09. The third kappa shape index (κ3) is 4.59. The number of aryl methyl sites for hydroxylation is 2. The van der Waals surface area contributed by atoms with E-state index in [1.165, 1.54) is 4.31 Å². The maximum absolute atomic E-state index is 12.8. The summed E-state index contributed by atoms with van der Waals surface area (Å²) in [5, 5.41) is 2.93. The standard InChI is InChI=1S/C20H26N2O4S/c1-3-4-16-6-8-18(9-7-16)27(24,25)22-13-11-17(12-14-22)21-20(23)19-10-5-15(2)26-19/h5-10,17H,3-4,11-14H2,1-2H3,(H,21,23). The highest BCUT2D eigenvalue weighted by Crippen LogP contribution is 2.22. The molecule has 1 aromatic heterocycles. The van der Waals surface area contributed by atoms with Crippen molar-refractivity contribution in [2.45, 2.75) is 50.5 Å². The van der Waals surface area contributed by atoms with E-state index in [-0.39, 0.29) is 17.7 Å². The molecule has 1 aliphatic heterocycles. The van der Waals surface area contributed by atoms with Gasteiger partial charge in [0.25, 0.3) is 5.91 Å². The normalized spacial score (nSPS) is 16.4.